The van der Waals surface area contributed by atoms with Gasteiger partial charge < -0.3 is 14.8 Å². The maximum atomic E-state index is 5.53. The average molecular weight is 317 g/mol. The summed E-state index contributed by atoms with van der Waals surface area (Å²) in [6, 6.07) is 8.18. The van der Waals surface area contributed by atoms with E-state index < -0.39 is 0 Å². The molecule has 0 unspecified atom stereocenters. The van der Waals surface area contributed by atoms with Crippen molar-refractivity contribution in [3.63, 3.8) is 0 Å². The second-order valence-corrected chi connectivity index (χ2v) is 5.60. The van der Waals surface area contributed by atoms with Crippen LogP contribution in [0.1, 0.15) is 30.3 Å². The van der Waals surface area contributed by atoms with Crippen LogP contribution >= 0.6 is 0 Å². The van der Waals surface area contributed by atoms with Gasteiger partial charge in [0.25, 0.3) is 0 Å². The van der Waals surface area contributed by atoms with E-state index in [0.29, 0.717) is 6.61 Å². The van der Waals surface area contributed by atoms with Crippen molar-refractivity contribution in [2.45, 2.75) is 40.3 Å². The van der Waals surface area contributed by atoms with Crippen LogP contribution in [-0.2, 0) is 13.1 Å². The van der Waals surface area contributed by atoms with E-state index in [-0.39, 0.29) is 0 Å². The first-order valence-electron chi connectivity index (χ1n) is 8.15. The fourth-order valence-corrected chi connectivity index (χ4v) is 2.58. The van der Waals surface area contributed by atoms with E-state index in [2.05, 4.69) is 34.2 Å². The zero-order chi connectivity index (χ0) is 16.7. The minimum absolute atomic E-state index is 0.639. The molecule has 0 spiro atoms. The van der Waals surface area contributed by atoms with Crippen LogP contribution in [-0.4, -0.2) is 30.0 Å². The van der Waals surface area contributed by atoms with E-state index in [1.807, 2.05) is 26.0 Å². The molecule has 2 aromatic rings. The molecule has 0 saturated heterocycles. The fraction of sp³-hybridized carbons (Fsp3) is 0.500. The Hall–Kier alpha value is -2.01. The minimum atomic E-state index is 0.639. The predicted octanol–water partition coefficient (Wildman–Crippen LogP) is 3.09. The van der Waals surface area contributed by atoms with Crippen molar-refractivity contribution < 1.29 is 9.47 Å². The van der Waals surface area contributed by atoms with Crippen molar-refractivity contribution in [2.24, 2.45) is 0 Å². The summed E-state index contributed by atoms with van der Waals surface area (Å²) in [5, 5.41) is 7.94. The number of methoxy groups -OCH3 is 1. The number of aromatic nitrogens is 2. The summed E-state index contributed by atoms with van der Waals surface area (Å²) in [7, 11) is 1.67. The molecule has 126 valence electrons. The molecule has 0 aliphatic carbocycles. The van der Waals surface area contributed by atoms with E-state index in [1.54, 1.807) is 7.11 Å². The van der Waals surface area contributed by atoms with Crippen molar-refractivity contribution >= 4 is 0 Å². The first-order valence-corrected chi connectivity index (χ1v) is 8.15. The first kappa shape index (κ1) is 17.3. The largest absolute Gasteiger partial charge is 0.493 e. The van der Waals surface area contributed by atoms with Gasteiger partial charge >= 0.3 is 0 Å². The molecule has 5 nitrogen and oxygen atoms in total. The van der Waals surface area contributed by atoms with Gasteiger partial charge in [-0.25, -0.2) is 0 Å². The Morgan fingerprint density at radius 1 is 1.17 bits per heavy atom. The van der Waals surface area contributed by atoms with Crippen molar-refractivity contribution in [1.29, 1.82) is 0 Å². The van der Waals surface area contributed by atoms with Gasteiger partial charge in [-0.3, -0.25) is 4.68 Å². The number of nitrogens with one attached hydrogen (secondary N) is 1. The highest BCUT2D eigenvalue weighted by atomic mass is 16.5. The molecule has 0 amide bonds. The molecule has 1 heterocycles. The van der Waals surface area contributed by atoms with E-state index in [4.69, 9.17) is 9.47 Å². The van der Waals surface area contributed by atoms with Gasteiger partial charge in [0.15, 0.2) is 11.5 Å². The SMILES string of the molecule is CCOc1ccc(CNCCCn2nc(C)cc2C)cc1OC. The number of hydrogen-bond donors (Lipinski definition) is 1. The smallest absolute Gasteiger partial charge is 0.161 e. The Morgan fingerprint density at radius 3 is 2.65 bits per heavy atom. The normalized spacial score (nSPS) is 10.8. The van der Waals surface area contributed by atoms with Gasteiger partial charge in [0.2, 0.25) is 0 Å². The van der Waals surface area contributed by atoms with Gasteiger partial charge in [-0.05, 0) is 57.5 Å². The number of nitrogens with zero attached hydrogens (tertiary/aromatic N) is 2. The molecule has 0 radical (unpaired) electrons. The molecule has 1 aromatic heterocycles. The zero-order valence-electron chi connectivity index (χ0n) is 14.6. The maximum absolute atomic E-state index is 5.53. The first-order chi connectivity index (χ1) is 11.1. The monoisotopic (exact) mass is 317 g/mol. The Bertz CT molecular complexity index is 623. The topological polar surface area (TPSA) is 48.3 Å². The van der Waals surface area contributed by atoms with Gasteiger partial charge in [0.05, 0.1) is 19.4 Å². The highest BCUT2D eigenvalue weighted by Gasteiger charge is 2.05. The van der Waals surface area contributed by atoms with Crippen molar-refractivity contribution in [3.05, 3.63) is 41.2 Å². The summed E-state index contributed by atoms with van der Waals surface area (Å²) < 4.78 is 13.0. The van der Waals surface area contributed by atoms with Gasteiger partial charge in [-0.15, -0.1) is 0 Å². The number of aryl methyl sites for hydroxylation is 3. The van der Waals surface area contributed by atoms with Gasteiger partial charge in [-0.1, -0.05) is 6.07 Å². The Labute approximate surface area is 138 Å². The summed E-state index contributed by atoms with van der Waals surface area (Å²) in [6.45, 7) is 9.45. The highest BCUT2D eigenvalue weighted by Crippen LogP contribution is 2.27. The zero-order valence-corrected chi connectivity index (χ0v) is 14.6. The van der Waals surface area contributed by atoms with Gasteiger partial charge in [0, 0.05) is 18.8 Å². The van der Waals surface area contributed by atoms with Crippen LogP contribution in [0, 0.1) is 13.8 Å². The average Bonchev–Trinajstić information content (AvgIpc) is 2.86. The van der Waals surface area contributed by atoms with Crippen LogP contribution in [0.3, 0.4) is 0 Å². The van der Waals surface area contributed by atoms with Crippen molar-refractivity contribution in [1.82, 2.24) is 15.1 Å². The van der Waals surface area contributed by atoms with Crippen LogP contribution in [0.5, 0.6) is 11.5 Å². The molecule has 5 heteroatoms. The lowest BCUT2D eigenvalue weighted by Crippen LogP contribution is -2.17. The molecule has 0 bridgehead atoms. The van der Waals surface area contributed by atoms with Crippen LogP contribution in [0.25, 0.3) is 0 Å². The van der Waals surface area contributed by atoms with Gasteiger partial charge in [0.1, 0.15) is 0 Å². The number of ether oxygens (including phenoxy) is 2. The van der Waals surface area contributed by atoms with Crippen LogP contribution in [0.15, 0.2) is 24.3 Å². The Morgan fingerprint density at radius 2 is 2.00 bits per heavy atom. The summed E-state index contributed by atoms with van der Waals surface area (Å²) in [5.41, 5.74) is 3.49. The maximum Gasteiger partial charge on any atom is 0.161 e. The fourth-order valence-electron chi connectivity index (χ4n) is 2.58. The van der Waals surface area contributed by atoms with E-state index >= 15 is 0 Å². The van der Waals surface area contributed by atoms with Crippen LogP contribution in [0.4, 0.5) is 0 Å². The molecular formula is C18H27N3O2. The van der Waals surface area contributed by atoms with Gasteiger partial charge in [-0.2, -0.15) is 5.10 Å². The third-order valence-corrected chi connectivity index (χ3v) is 3.68. The van der Waals surface area contributed by atoms with Crippen molar-refractivity contribution in [2.75, 3.05) is 20.3 Å². The van der Waals surface area contributed by atoms with Crippen LogP contribution in [0.2, 0.25) is 0 Å². The Kier molecular flexibility index (Phi) is 6.47. The third-order valence-electron chi connectivity index (χ3n) is 3.68. The van der Waals surface area contributed by atoms with Crippen LogP contribution < -0.4 is 14.8 Å². The van der Waals surface area contributed by atoms with Crippen molar-refractivity contribution in [3.8, 4) is 11.5 Å². The van der Waals surface area contributed by atoms with E-state index in [0.717, 1.165) is 43.2 Å². The molecule has 1 aromatic carbocycles. The lowest BCUT2D eigenvalue weighted by molar-refractivity contribution is 0.310. The summed E-state index contributed by atoms with van der Waals surface area (Å²) >= 11 is 0. The molecule has 0 aliphatic heterocycles. The lowest BCUT2D eigenvalue weighted by Gasteiger charge is -2.11. The second kappa shape index (κ2) is 8.58. The minimum Gasteiger partial charge on any atom is -0.493 e. The molecule has 23 heavy (non-hydrogen) atoms. The number of benzene rings is 1. The van der Waals surface area contributed by atoms with E-state index in [1.165, 1.54) is 11.3 Å². The summed E-state index contributed by atoms with van der Waals surface area (Å²) in [4.78, 5) is 0. The standard InChI is InChI=1S/C18H27N3O2/c1-5-23-17-8-7-16(12-18(17)22-4)13-19-9-6-10-21-15(3)11-14(2)20-21/h7-8,11-12,19H,5-6,9-10,13H2,1-4H3. The lowest BCUT2D eigenvalue weighted by atomic mass is 10.2. The quantitative estimate of drug-likeness (QED) is 0.722. The number of hydrogen-bond acceptors (Lipinski definition) is 4. The molecule has 0 aliphatic rings. The summed E-state index contributed by atoms with van der Waals surface area (Å²) in [6.07, 6.45) is 1.05. The number of rotatable bonds is 9. The third kappa shape index (κ3) is 4.99. The second-order valence-electron chi connectivity index (χ2n) is 5.60. The molecular weight excluding hydrogens is 290 g/mol. The molecule has 0 atom stereocenters. The molecule has 2 rings (SSSR count). The summed E-state index contributed by atoms with van der Waals surface area (Å²) in [5.74, 6) is 1.58. The predicted molar refractivity (Wildman–Crippen MR) is 92.2 cm³/mol. The molecule has 1 N–H and O–H groups in total. The van der Waals surface area contributed by atoms with E-state index in [9.17, 15) is 0 Å². The molecule has 0 fully saturated rings. The molecule has 0 saturated carbocycles. The Balaban J connectivity index is 1.76. The highest BCUT2D eigenvalue weighted by molar-refractivity contribution is 5.42.